The van der Waals surface area contributed by atoms with E-state index in [9.17, 15) is 0 Å². The van der Waals surface area contributed by atoms with Crippen LogP contribution in [-0.4, -0.2) is 0 Å². The number of unbranched alkanes of at least 4 members (excludes halogenated alkanes) is 6. The third-order valence-electron chi connectivity index (χ3n) is 5.99. The molecule has 0 nitrogen and oxygen atoms in total. The Balaban J connectivity index is 1.61. The van der Waals surface area contributed by atoms with Crippen molar-refractivity contribution in [1.82, 2.24) is 0 Å². The van der Waals surface area contributed by atoms with Crippen LogP contribution in [-0.2, 0) is 17.3 Å². The molecule has 182 valence electrons. The summed E-state index contributed by atoms with van der Waals surface area (Å²) in [4.78, 5) is 5.74. The minimum Gasteiger partial charge on any atom is -0.141 e. The third-order valence-corrected chi connectivity index (χ3v) is 9.09. The van der Waals surface area contributed by atoms with E-state index < -0.39 is 0 Å². The highest BCUT2D eigenvalue weighted by Crippen LogP contribution is 2.24. The van der Waals surface area contributed by atoms with Gasteiger partial charge < -0.3 is 0 Å². The van der Waals surface area contributed by atoms with Gasteiger partial charge in [-0.05, 0) is 84.9 Å². The Bertz CT molecular complexity index is 959. The van der Waals surface area contributed by atoms with Gasteiger partial charge in [0.25, 0.3) is 0 Å². The van der Waals surface area contributed by atoms with Crippen LogP contribution in [0.3, 0.4) is 0 Å². The zero-order chi connectivity index (χ0) is 24.0. The average Bonchev–Trinajstić information content (AvgIpc) is 3.51. The van der Waals surface area contributed by atoms with Gasteiger partial charge in [-0.1, -0.05) is 99.2 Å². The minimum absolute atomic E-state index is 1.03. The monoisotopic (exact) mass is 602 g/mol. The molecule has 0 spiro atoms. The summed E-state index contributed by atoms with van der Waals surface area (Å²) in [6.45, 7) is 4.55. The molecule has 0 bridgehead atoms. The van der Waals surface area contributed by atoms with Crippen molar-refractivity contribution in [1.29, 1.82) is 0 Å². The Labute approximate surface area is 229 Å². The second-order valence-corrected chi connectivity index (χ2v) is 12.2. The van der Waals surface area contributed by atoms with Gasteiger partial charge in [-0.25, -0.2) is 0 Å². The maximum Gasteiger partial charge on any atom is 0.0273 e. The lowest BCUT2D eigenvalue weighted by Gasteiger charge is -2.03. The van der Waals surface area contributed by atoms with Gasteiger partial charge in [0.2, 0.25) is 0 Å². The first kappa shape index (κ1) is 27.4. The van der Waals surface area contributed by atoms with E-state index in [4.69, 9.17) is 0 Å². The lowest BCUT2D eigenvalue weighted by molar-refractivity contribution is 0.670. The molecule has 0 radical (unpaired) electrons. The van der Waals surface area contributed by atoms with E-state index in [0.29, 0.717) is 0 Å². The SMILES string of the molecule is CCCCCCc1ccc(/C=C/c2cc(/C=C/c3ccc(CCCCCC)s3)cc(CI)c2)s1. The third kappa shape index (κ3) is 9.83. The zero-order valence-corrected chi connectivity index (χ0v) is 24.6. The predicted molar refractivity (Wildman–Crippen MR) is 166 cm³/mol. The number of hydrogen-bond acceptors (Lipinski definition) is 2. The maximum atomic E-state index is 2.47. The number of alkyl halides is 1. The van der Waals surface area contributed by atoms with Crippen LogP contribution in [0.4, 0.5) is 0 Å². The van der Waals surface area contributed by atoms with Crippen molar-refractivity contribution in [3.8, 4) is 0 Å². The van der Waals surface area contributed by atoms with E-state index in [0.717, 1.165) is 4.43 Å². The van der Waals surface area contributed by atoms with Crippen LogP contribution in [0.1, 0.15) is 101 Å². The molecule has 0 aliphatic carbocycles. The van der Waals surface area contributed by atoms with Crippen LogP contribution in [0.15, 0.2) is 42.5 Å². The number of rotatable bonds is 15. The fraction of sp³-hybridized carbons (Fsp3) is 0.419. The number of hydrogen-bond donors (Lipinski definition) is 0. The molecule has 0 fully saturated rings. The van der Waals surface area contributed by atoms with Crippen molar-refractivity contribution < 1.29 is 0 Å². The van der Waals surface area contributed by atoms with Crippen LogP contribution in [0.5, 0.6) is 0 Å². The molecular weight excluding hydrogens is 563 g/mol. The molecule has 0 saturated carbocycles. The van der Waals surface area contributed by atoms with E-state index >= 15 is 0 Å². The molecule has 0 atom stereocenters. The Kier molecular flexibility index (Phi) is 12.7. The Morgan fingerprint density at radius 1 is 0.618 bits per heavy atom. The first-order chi connectivity index (χ1) is 16.7. The Morgan fingerprint density at radius 2 is 1.12 bits per heavy atom. The number of halogens is 1. The van der Waals surface area contributed by atoms with Gasteiger partial charge in [0.05, 0.1) is 0 Å². The van der Waals surface area contributed by atoms with Gasteiger partial charge in [0.15, 0.2) is 0 Å². The molecule has 3 rings (SSSR count). The molecule has 34 heavy (non-hydrogen) atoms. The molecule has 2 aromatic heterocycles. The summed E-state index contributed by atoms with van der Waals surface area (Å²) >= 11 is 6.35. The largest absolute Gasteiger partial charge is 0.141 e. The van der Waals surface area contributed by atoms with E-state index in [2.05, 4.69) is 103 Å². The number of thiophene rings is 2. The smallest absolute Gasteiger partial charge is 0.0273 e. The topological polar surface area (TPSA) is 0 Å². The molecule has 0 aliphatic heterocycles. The summed E-state index contributed by atoms with van der Waals surface area (Å²) in [6, 6.07) is 16.1. The summed E-state index contributed by atoms with van der Waals surface area (Å²) < 4.78 is 1.03. The van der Waals surface area contributed by atoms with Crippen molar-refractivity contribution in [3.05, 3.63) is 78.7 Å². The molecule has 0 unspecified atom stereocenters. The lowest BCUT2D eigenvalue weighted by Crippen LogP contribution is -1.83. The van der Waals surface area contributed by atoms with Gasteiger partial charge in [-0.2, -0.15) is 0 Å². The molecule has 3 aromatic rings. The maximum absolute atomic E-state index is 2.47. The van der Waals surface area contributed by atoms with E-state index in [1.807, 2.05) is 22.7 Å². The highest BCUT2D eigenvalue weighted by Gasteiger charge is 2.01. The number of aryl methyl sites for hydroxylation is 2. The molecule has 1 aromatic carbocycles. The fourth-order valence-corrected chi connectivity index (χ4v) is 6.42. The van der Waals surface area contributed by atoms with Gasteiger partial charge in [-0.15, -0.1) is 22.7 Å². The van der Waals surface area contributed by atoms with E-state index in [1.54, 1.807) is 0 Å². The van der Waals surface area contributed by atoms with E-state index in [1.165, 1.54) is 100 Å². The van der Waals surface area contributed by atoms with Gasteiger partial charge in [0.1, 0.15) is 0 Å². The second kappa shape index (κ2) is 15.7. The molecule has 0 saturated heterocycles. The molecular formula is C31H39IS2. The van der Waals surface area contributed by atoms with Crippen LogP contribution in [0, 0.1) is 0 Å². The van der Waals surface area contributed by atoms with Crippen molar-refractivity contribution in [2.45, 2.75) is 82.5 Å². The van der Waals surface area contributed by atoms with Crippen molar-refractivity contribution >= 4 is 69.6 Å². The summed E-state index contributed by atoms with van der Waals surface area (Å²) in [7, 11) is 0. The van der Waals surface area contributed by atoms with Crippen molar-refractivity contribution in [2.24, 2.45) is 0 Å². The van der Waals surface area contributed by atoms with Crippen LogP contribution >= 0.6 is 45.3 Å². The van der Waals surface area contributed by atoms with Gasteiger partial charge in [0, 0.05) is 23.9 Å². The Morgan fingerprint density at radius 3 is 1.56 bits per heavy atom. The van der Waals surface area contributed by atoms with Crippen molar-refractivity contribution in [3.63, 3.8) is 0 Å². The number of benzene rings is 1. The summed E-state index contributed by atoms with van der Waals surface area (Å²) in [5.74, 6) is 0. The first-order valence-electron chi connectivity index (χ1n) is 12.9. The lowest BCUT2D eigenvalue weighted by atomic mass is 10.1. The molecule has 0 amide bonds. The second-order valence-electron chi connectivity index (χ2n) is 9.04. The van der Waals surface area contributed by atoms with Gasteiger partial charge >= 0.3 is 0 Å². The van der Waals surface area contributed by atoms with Crippen LogP contribution in [0.2, 0.25) is 0 Å². The predicted octanol–water partition coefficient (Wildman–Crippen LogP) is 11.3. The van der Waals surface area contributed by atoms with Crippen molar-refractivity contribution in [2.75, 3.05) is 0 Å². The van der Waals surface area contributed by atoms with Gasteiger partial charge in [-0.3, -0.25) is 0 Å². The molecule has 3 heteroatoms. The quantitative estimate of drug-likeness (QED) is 0.0922. The molecule has 2 heterocycles. The van der Waals surface area contributed by atoms with E-state index in [-0.39, 0.29) is 0 Å². The zero-order valence-electron chi connectivity index (χ0n) is 20.8. The standard InChI is InChI=1S/C31H39IS2/c1-3-5-7-9-11-28-17-19-30(33-28)15-13-25-21-26(23-27(22-25)24-32)14-16-31-20-18-29(34-31)12-10-8-6-4-2/h13-23H,3-12,24H2,1-2H3/b15-13+,16-14+. The average molecular weight is 603 g/mol. The minimum atomic E-state index is 1.03. The normalized spacial score (nSPS) is 11.9. The summed E-state index contributed by atoms with van der Waals surface area (Å²) in [6.07, 6.45) is 22.2. The summed E-state index contributed by atoms with van der Waals surface area (Å²) in [5, 5.41) is 0. The molecule has 0 N–H and O–H groups in total. The van der Waals surface area contributed by atoms with Crippen LogP contribution in [0.25, 0.3) is 24.3 Å². The fourth-order valence-electron chi connectivity index (χ4n) is 4.06. The summed E-state index contributed by atoms with van der Waals surface area (Å²) in [5.41, 5.74) is 3.96. The Hall–Kier alpha value is -1.17. The first-order valence-corrected chi connectivity index (χ1v) is 16.1. The highest BCUT2D eigenvalue weighted by molar-refractivity contribution is 14.1. The molecule has 0 aliphatic rings. The van der Waals surface area contributed by atoms with Crippen LogP contribution < -0.4 is 0 Å². The highest BCUT2D eigenvalue weighted by atomic mass is 127.